The molecule has 0 amide bonds. The van der Waals surface area contributed by atoms with Crippen molar-refractivity contribution in [3.05, 3.63) is 0 Å². The Balaban J connectivity index is 3.64. The predicted molar refractivity (Wildman–Crippen MR) is 81.5 cm³/mol. The quantitative estimate of drug-likeness (QED) is 0.372. The first-order valence-electron chi connectivity index (χ1n) is 7.54. The van der Waals surface area contributed by atoms with Crippen molar-refractivity contribution in [2.75, 3.05) is 12.4 Å². The SMILES string of the molecule is CCCCC(=O)OCC(CC)SCCCCC(C)(F)F. The van der Waals surface area contributed by atoms with E-state index in [1.807, 2.05) is 6.92 Å². The largest absolute Gasteiger partial charge is 0.464 e. The average molecular weight is 310 g/mol. The fraction of sp³-hybridized carbons (Fsp3) is 0.933. The molecule has 0 fully saturated rings. The third kappa shape index (κ3) is 12.7. The van der Waals surface area contributed by atoms with E-state index < -0.39 is 5.92 Å². The topological polar surface area (TPSA) is 26.3 Å². The summed E-state index contributed by atoms with van der Waals surface area (Å²) in [5.41, 5.74) is 0. The van der Waals surface area contributed by atoms with Crippen LogP contribution in [0.25, 0.3) is 0 Å². The van der Waals surface area contributed by atoms with E-state index >= 15 is 0 Å². The van der Waals surface area contributed by atoms with Gasteiger partial charge in [0.05, 0.1) is 0 Å². The highest BCUT2D eigenvalue weighted by atomic mass is 32.2. The van der Waals surface area contributed by atoms with Crippen LogP contribution in [0.15, 0.2) is 0 Å². The Hall–Kier alpha value is -0.320. The lowest BCUT2D eigenvalue weighted by Crippen LogP contribution is -2.16. The van der Waals surface area contributed by atoms with Crippen LogP contribution in [-0.2, 0) is 9.53 Å². The van der Waals surface area contributed by atoms with Crippen LogP contribution in [0.5, 0.6) is 0 Å². The molecular formula is C15H28F2O2S. The molecule has 0 spiro atoms. The molecule has 0 bridgehead atoms. The van der Waals surface area contributed by atoms with Crippen LogP contribution in [0, 0.1) is 0 Å². The van der Waals surface area contributed by atoms with Crippen molar-refractivity contribution in [3.8, 4) is 0 Å². The summed E-state index contributed by atoms with van der Waals surface area (Å²) in [5, 5.41) is 0.280. The zero-order chi connectivity index (χ0) is 15.4. The van der Waals surface area contributed by atoms with E-state index in [1.165, 1.54) is 0 Å². The van der Waals surface area contributed by atoms with Crippen LogP contribution in [0.4, 0.5) is 8.78 Å². The molecule has 0 heterocycles. The monoisotopic (exact) mass is 310 g/mol. The molecule has 2 nitrogen and oxygen atoms in total. The maximum absolute atomic E-state index is 12.6. The number of rotatable bonds is 12. The number of halogens is 2. The normalized spacial score (nSPS) is 13.2. The van der Waals surface area contributed by atoms with Crippen LogP contribution in [0.2, 0.25) is 0 Å². The Morgan fingerprint density at radius 1 is 1.25 bits per heavy atom. The third-order valence-corrected chi connectivity index (χ3v) is 4.45. The van der Waals surface area contributed by atoms with Crippen molar-refractivity contribution < 1.29 is 18.3 Å². The number of carbonyl (C=O) groups excluding carboxylic acids is 1. The fourth-order valence-corrected chi connectivity index (χ4v) is 2.75. The minimum Gasteiger partial charge on any atom is -0.464 e. The van der Waals surface area contributed by atoms with E-state index in [4.69, 9.17) is 4.74 Å². The van der Waals surface area contributed by atoms with Crippen LogP contribution >= 0.6 is 11.8 Å². The first-order valence-corrected chi connectivity index (χ1v) is 8.59. The highest BCUT2D eigenvalue weighted by Gasteiger charge is 2.19. The Kier molecular flexibility index (Phi) is 11.2. The molecule has 0 rings (SSSR count). The maximum atomic E-state index is 12.6. The van der Waals surface area contributed by atoms with E-state index in [0.29, 0.717) is 19.4 Å². The summed E-state index contributed by atoms with van der Waals surface area (Å²) in [6, 6.07) is 0. The number of ether oxygens (including phenoxy) is 1. The Morgan fingerprint density at radius 3 is 2.50 bits per heavy atom. The number of thioether (sulfide) groups is 1. The summed E-state index contributed by atoms with van der Waals surface area (Å²) in [4.78, 5) is 11.4. The summed E-state index contributed by atoms with van der Waals surface area (Å²) in [5.74, 6) is -1.83. The molecule has 0 N–H and O–H groups in total. The van der Waals surface area contributed by atoms with Gasteiger partial charge in [-0.25, -0.2) is 8.78 Å². The van der Waals surface area contributed by atoms with Gasteiger partial charge in [0, 0.05) is 18.1 Å². The number of carbonyl (C=O) groups is 1. The average Bonchev–Trinajstić information content (AvgIpc) is 2.38. The van der Waals surface area contributed by atoms with Crippen LogP contribution in [-0.4, -0.2) is 29.5 Å². The molecule has 0 aliphatic carbocycles. The second-order valence-corrected chi connectivity index (χ2v) is 6.62. The number of esters is 1. The van der Waals surface area contributed by atoms with Crippen molar-refractivity contribution in [1.82, 2.24) is 0 Å². The molecular weight excluding hydrogens is 282 g/mol. The first kappa shape index (κ1) is 19.7. The van der Waals surface area contributed by atoms with Crippen LogP contribution in [0.3, 0.4) is 0 Å². The first-order chi connectivity index (χ1) is 9.39. The molecule has 0 aromatic rings. The second kappa shape index (κ2) is 11.4. The lowest BCUT2D eigenvalue weighted by atomic mass is 10.2. The van der Waals surface area contributed by atoms with Gasteiger partial charge in [-0.15, -0.1) is 0 Å². The van der Waals surface area contributed by atoms with Gasteiger partial charge in [-0.05, 0) is 38.4 Å². The molecule has 0 radical (unpaired) electrons. The summed E-state index contributed by atoms with van der Waals surface area (Å²) in [7, 11) is 0. The van der Waals surface area contributed by atoms with Gasteiger partial charge in [-0.2, -0.15) is 11.8 Å². The standard InChI is InChI=1S/C15H28F2O2S/c1-4-6-9-14(18)19-12-13(5-2)20-11-8-7-10-15(3,16)17/h13H,4-12H2,1-3H3. The number of alkyl halides is 2. The second-order valence-electron chi connectivity index (χ2n) is 5.21. The number of hydrogen-bond acceptors (Lipinski definition) is 3. The minimum absolute atomic E-state index is 0.0453. The highest BCUT2D eigenvalue weighted by molar-refractivity contribution is 7.99. The molecule has 0 aromatic heterocycles. The van der Waals surface area contributed by atoms with Crippen molar-refractivity contribution >= 4 is 17.7 Å². The van der Waals surface area contributed by atoms with Crippen LogP contribution < -0.4 is 0 Å². The van der Waals surface area contributed by atoms with E-state index in [-0.39, 0.29) is 17.6 Å². The van der Waals surface area contributed by atoms with Gasteiger partial charge >= 0.3 is 5.97 Å². The van der Waals surface area contributed by atoms with Crippen molar-refractivity contribution in [2.45, 2.75) is 76.9 Å². The van der Waals surface area contributed by atoms with Gasteiger partial charge in [0.2, 0.25) is 5.92 Å². The van der Waals surface area contributed by atoms with Crippen molar-refractivity contribution in [2.24, 2.45) is 0 Å². The molecule has 5 heteroatoms. The zero-order valence-corrected chi connectivity index (χ0v) is 13.7. The molecule has 1 unspecified atom stereocenters. The zero-order valence-electron chi connectivity index (χ0n) is 12.9. The lowest BCUT2D eigenvalue weighted by molar-refractivity contribution is -0.143. The smallest absolute Gasteiger partial charge is 0.305 e. The number of unbranched alkanes of at least 4 members (excludes halogenated alkanes) is 2. The van der Waals surface area contributed by atoms with Gasteiger partial charge in [-0.1, -0.05) is 20.3 Å². The van der Waals surface area contributed by atoms with Crippen LogP contribution in [0.1, 0.15) is 65.7 Å². The summed E-state index contributed by atoms with van der Waals surface area (Å²) in [6.45, 7) is 5.49. The summed E-state index contributed by atoms with van der Waals surface area (Å²) >= 11 is 1.72. The van der Waals surface area contributed by atoms with Gasteiger partial charge < -0.3 is 4.74 Å². The van der Waals surface area contributed by atoms with E-state index in [2.05, 4.69) is 6.92 Å². The molecule has 1 atom stereocenters. The highest BCUT2D eigenvalue weighted by Crippen LogP contribution is 2.22. The van der Waals surface area contributed by atoms with Gasteiger partial charge in [0.1, 0.15) is 6.61 Å². The molecule has 0 aliphatic rings. The molecule has 0 aromatic carbocycles. The van der Waals surface area contributed by atoms with E-state index in [9.17, 15) is 13.6 Å². The van der Waals surface area contributed by atoms with E-state index in [1.54, 1.807) is 11.8 Å². The molecule has 0 aliphatic heterocycles. The summed E-state index contributed by atoms with van der Waals surface area (Å²) < 4.78 is 30.5. The Morgan fingerprint density at radius 2 is 1.95 bits per heavy atom. The van der Waals surface area contributed by atoms with Crippen molar-refractivity contribution in [3.63, 3.8) is 0 Å². The summed E-state index contributed by atoms with van der Waals surface area (Å²) in [6.07, 6.45) is 4.56. The molecule has 120 valence electrons. The minimum atomic E-state index is -2.55. The van der Waals surface area contributed by atoms with E-state index in [0.717, 1.165) is 38.4 Å². The number of hydrogen-bond donors (Lipinski definition) is 0. The van der Waals surface area contributed by atoms with Crippen molar-refractivity contribution in [1.29, 1.82) is 0 Å². The maximum Gasteiger partial charge on any atom is 0.305 e. The van der Waals surface area contributed by atoms with Gasteiger partial charge in [0.15, 0.2) is 0 Å². The lowest BCUT2D eigenvalue weighted by Gasteiger charge is -2.15. The molecule has 0 saturated carbocycles. The molecule has 0 saturated heterocycles. The Bertz CT molecular complexity index is 255. The van der Waals surface area contributed by atoms with Gasteiger partial charge in [-0.3, -0.25) is 4.79 Å². The van der Waals surface area contributed by atoms with Gasteiger partial charge in [0.25, 0.3) is 0 Å². The fourth-order valence-electron chi connectivity index (χ4n) is 1.65. The molecule has 20 heavy (non-hydrogen) atoms. The third-order valence-electron chi connectivity index (χ3n) is 2.98. The predicted octanol–water partition coefficient (Wildman–Crippen LogP) is 5.06. The Labute approximate surface area is 126 Å².